The van der Waals surface area contributed by atoms with Gasteiger partial charge in [0.25, 0.3) is 0 Å². The zero-order chi connectivity index (χ0) is 14.0. The predicted octanol–water partition coefficient (Wildman–Crippen LogP) is 2.80. The van der Waals surface area contributed by atoms with E-state index in [0.717, 1.165) is 11.1 Å². The average Bonchev–Trinajstić information content (AvgIpc) is 2.39. The highest BCUT2D eigenvalue weighted by Crippen LogP contribution is 2.25. The van der Waals surface area contributed by atoms with E-state index < -0.39 is 11.9 Å². The van der Waals surface area contributed by atoms with Gasteiger partial charge in [0.05, 0.1) is 16.1 Å². The fraction of sp³-hybridized carbons (Fsp3) is 0. The maximum Gasteiger partial charge on any atom is 0.335 e. The van der Waals surface area contributed by atoms with Crippen molar-refractivity contribution in [2.75, 3.05) is 0 Å². The van der Waals surface area contributed by atoms with Crippen molar-refractivity contribution < 1.29 is 14.7 Å². The van der Waals surface area contributed by atoms with Crippen LogP contribution in [-0.4, -0.2) is 17.0 Å². The molecule has 0 aliphatic carbocycles. The first kappa shape index (κ1) is 13.1. The Morgan fingerprint density at radius 1 is 1.00 bits per heavy atom. The van der Waals surface area contributed by atoms with Crippen LogP contribution in [0.5, 0.6) is 0 Å². The highest BCUT2D eigenvalue weighted by molar-refractivity contribution is 6.33. The minimum atomic E-state index is -0.986. The molecular weight excluding hydrogens is 266 g/mol. The molecule has 96 valence electrons. The Balaban J connectivity index is 2.44. The van der Waals surface area contributed by atoms with Crippen LogP contribution in [0.3, 0.4) is 0 Å². The second-order valence-electron chi connectivity index (χ2n) is 3.94. The smallest absolute Gasteiger partial charge is 0.335 e. The van der Waals surface area contributed by atoms with Gasteiger partial charge in [-0.3, -0.25) is 4.79 Å². The molecule has 2 aromatic rings. The third-order valence-electron chi connectivity index (χ3n) is 2.70. The molecule has 0 aliphatic heterocycles. The van der Waals surface area contributed by atoms with Crippen LogP contribution in [0.25, 0.3) is 11.1 Å². The lowest BCUT2D eigenvalue weighted by Crippen LogP contribution is -2.11. The number of nitrogens with two attached hydrogens (primary N) is 1. The second kappa shape index (κ2) is 5.12. The summed E-state index contributed by atoms with van der Waals surface area (Å²) in [6, 6.07) is 11.2. The lowest BCUT2D eigenvalue weighted by atomic mass is 10.0. The van der Waals surface area contributed by atoms with Crippen LogP contribution in [-0.2, 0) is 0 Å². The van der Waals surface area contributed by atoms with Crippen LogP contribution in [0, 0.1) is 0 Å². The van der Waals surface area contributed by atoms with E-state index in [0.29, 0.717) is 5.02 Å². The quantitative estimate of drug-likeness (QED) is 0.904. The van der Waals surface area contributed by atoms with Crippen molar-refractivity contribution >= 4 is 23.5 Å². The number of rotatable bonds is 3. The van der Waals surface area contributed by atoms with E-state index in [2.05, 4.69) is 0 Å². The molecule has 0 heterocycles. The number of carbonyl (C=O) groups excluding carboxylic acids is 1. The van der Waals surface area contributed by atoms with Crippen molar-refractivity contribution in [1.82, 2.24) is 0 Å². The number of aromatic carboxylic acids is 1. The number of halogens is 1. The first-order valence-electron chi connectivity index (χ1n) is 5.42. The van der Waals surface area contributed by atoms with Crippen molar-refractivity contribution in [2.45, 2.75) is 0 Å². The molecule has 0 saturated carbocycles. The molecule has 3 N–H and O–H groups in total. The number of benzene rings is 2. The molecule has 0 saturated heterocycles. The molecule has 0 atom stereocenters. The van der Waals surface area contributed by atoms with E-state index in [1.54, 1.807) is 30.3 Å². The molecule has 5 heteroatoms. The van der Waals surface area contributed by atoms with Gasteiger partial charge in [0.2, 0.25) is 5.91 Å². The van der Waals surface area contributed by atoms with Gasteiger partial charge in [-0.2, -0.15) is 0 Å². The van der Waals surface area contributed by atoms with Gasteiger partial charge in [0.15, 0.2) is 0 Å². The standard InChI is InChI=1S/C14H10ClNO3/c15-12-6-5-10(7-11(12)13(16)17)8-1-3-9(4-2-8)14(18)19/h1-7H,(H2,16,17)(H,18,19). The topological polar surface area (TPSA) is 80.4 Å². The zero-order valence-electron chi connectivity index (χ0n) is 9.76. The number of amides is 1. The Morgan fingerprint density at radius 2 is 1.58 bits per heavy atom. The highest BCUT2D eigenvalue weighted by Gasteiger charge is 2.09. The summed E-state index contributed by atoms with van der Waals surface area (Å²) >= 11 is 5.87. The first-order chi connectivity index (χ1) is 8.99. The molecule has 1 amide bonds. The number of hydrogen-bond acceptors (Lipinski definition) is 2. The summed E-state index contributed by atoms with van der Waals surface area (Å²) in [5.74, 6) is -1.59. The molecule has 0 fully saturated rings. The summed E-state index contributed by atoms with van der Waals surface area (Å²) in [6.45, 7) is 0. The fourth-order valence-corrected chi connectivity index (χ4v) is 1.91. The minimum Gasteiger partial charge on any atom is -0.478 e. The fourth-order valence-electron chi connectivity index (χ4n) is 1.70. The first-order valence-corrected chi connectivity index (χ1v) is 5.80. The lowest BCUT2D eigenvalue weighted by molar-refractivity contribution is 0.0696. The number of carboxylic acids is 1. The van der Waals surface area contributed by atoms with E-state index in [1.165, 1.54) is 12.1 Å². The van der Waals surface area contributed by atoms with Crippen LogP contribution < -0.4 is 5.73 Å². The number of hydrogen-bond donors (Lipinski definition) is 2. The Labute approximate surface area is 114 Å². The maximum absolute atomic E-state index is 11.2. The molecule has 0 spiro atoms. The van der Waals surface area contributed by atoms with Crippen molar-refractivity contribution in [2.24, 2.45) is 5.73 Å². The van der Waals surface area contributed by atoms with Gasteiger partial charge in [0.1, 0.15) is 0 Å². The van der Waals surface area contributed by atoms with E-state index >= 15 is 0 Å². The SMILES string of the molecule is NC(=O)c1cc(-c2ccc(C(=O)O)cc2)ccc1Cl. The van der Waals surface area contributed by atoms with Crippen LogP contribution >= 0.6 is 11.6 Å². The molecular formula is C14H10ClNO3. The minimum absolute atomic E-state index is 0.202. The molecule has 0 unspecified atom stereocenters. The summed E-state index contributed by atoms with van der Waals surface area (Å²) in [5, 5.41) is 9.11. The molecule has 2 aromatic carbocycles. The molecule has 0 aromatic heterocycles. The molecule has 0 aliphatic rings. The zero-order valence-corrected chi connectivity index (χ0v) is 10.5. The van der Waals surface area contributed by atoms with Gasteiger partial charge >= 0.3 is 5.97 Å². The van der Waals surface area contributed by atoms with Crippen molar-refractivity contribution in [3.63, 3.8) is 0 Å². The average molecular weight is 276 g/mol. The molecule has 0 bridgehead atoms. The van der Waals surface area contributed by atoms with E-state index in [9.17, 15) is 9.59 Å². The molecule has 19 heavy (non-hydrogen) atoms. The van der Waals surface area contributed by atoms with Crippen LogP contribution in [0.4, 0.5) is 0 Å². The Bertz CT molecular complexity index is 650. The number of carboxylic acid groups (broad SMARTS) is 1. The van der Waals surface area contributed by atoms with Crippen molar-refractivity contribution in [1.29, 1.82) is 0 Å². The third kappa shape index (κ3) is 2.74. The summed E-state index contributed by atoms with van der Waals surface area (Å²) < 4.78 is 0. The van der Waals surface area contributed by atoms with Gasteiger partial charge in [-0.05, 0) is 35.4 Å². The maximum atomic E-state index is 11.2. The summed E-state index contributed by atoms with van der Waals surface area (Å²) in [6.07, 6.45) is 0. The van der Waals surface area contributed by atoms with E-state index in [-0.39, 0.29) is 11.1 Å². The third-order valence-corrected chi connectivity index (χ3v) is 3.03. The second-order valence-corrected chi connectivity index (χ2v) is 4.35. The summed E-state index contributed by atoms with van der Waals surface area (Å²) in [7, 11) is 0. The van der Waals surface area contributed by atoms with Crippen LogP contribution in [0.15, 0.2) is 42.5 Å². The number of carbonyl (C=O) groups is 2. The van der Waals surface area contributed by atoms with Crippen LogP contribution in [0.1, 0.15) is 20.7 Å². The van der Waals surface area contributed by atoms with Gasteiger partial charge in [-0.25, -0.2) is 4.79 Å². The van der Waals surface area contributed by atoms with E-state index in [1.807, 2.05) is 0 Å². The van der Waals surface area contributed by atoms with Crippen molar-refractivity contribution in [3.8, 4) is 11.1 Å². The summed E-state index contributed by atoms with van der Waals surface area (Å²) in [4.78, 5) is 22.0. The normalized spacial score (nSPS) is 10.2. The Morgan fingerprint density at radius 3 is 2.11 bits per heavy atom. The highest BCUT2D eigenvalue weighted by atomic mass is 35.5. The van der Waals surface area contributed by atoms with Gasteiger partial charge in [0, 0.05) is 0 Å². The monoisotopic (exact) mass is 275 g/mol. The van der Waals surface area contributed by atoms with Gasteiger partial charge in [-0.15, -0.1) is 0 Å². The largest absolute Gasteiger partial charge is 0.478 e. The van der Waals surface area contributed by atoms with Gasteiger partial charge in [-0.1, -0.05) is 29.8 Å². The number of primary amides is 1. The molecule has 2 rings (SSSR count). The van der Waals surface area contributed by atoms with Crippen LogP contribution in [0.2, 0.25) is 5.02 Å². The van der Waals surface area contributed by atoms with E-state index in [4.69, 9.17) is 22.4 Å². The lowest BCUT2D eigenvalue weighted by Gasteiger charge is -2.06. The Kier molecular flexibility index (Phi) is 3.53. The Hall–Kier alpha value is -2.33. The summed E-state index contributed by atoms with van der Waals surface area (Å²) in [5.41, 5.74) is 7.19. The van der Waals surface area contributed by atoms with Gasteiger partial charge < -0.3 is 10.8 Å². The predicted molar refractivity (Wildman–Crippen MR) is 72.4 cm³/mol. The molecule has 0 radical (unpaired) electrons. The molecule has 4 nitrogen and oxygen atoms in total. The van der Waals surface area contributed by atoms with Crippen molar-refractivity contribution in [3.05, 3.63) is 58.6 Å².